The maximum Gasteiger partial charge on any atom is 0.573 e. The van der Waals surface area contributed by atoms with Crippen molar-refractivity contribution < 1.29 is 36.2 Å². The van der Waals surface area contributed by atoms with Gasteiger partial charge in [0.2, 0.25) is 0 Å². The number of halogens is 5. The summed E-state index contributed by atoms with van der Waals surface area (Å²) in [4.78, 5) is 14.5. The molecule has 20 heavy (non-hydrogen) atoms. The second-order valence-corrected chi connectivity index (χ2v) is 3.41. The molecule has 1 rings (SSSR count). The maximum atomic E-state index is 12.7. The van der Waals surface area contributed by atoms with Crippen LogP contribution in [0.1, 0.15) is 28.0 Å². The Hall–Kier alpha value is -1.97. The van der Waals surface area contributed by atoms with Gasteiger partial charge in [-0.3, -0.25) is 0 Å². The van der Waals surface area contributed by atoms with Crippen LogP contribution in [0.15, 0.2) is 6.20 Å². The fourth-order valence-corrected chi connectivity index (χ4v) is 1.41. The number of hydrogen-bond acceptors (Lipinski definition) is 5. The number of carbonyl (C=O) groups is 1. The Labute approximate surface area is 109 Å². The summed E-state index contributed by atoms with van der Waals surface area (Å²) in [5, 5.41) is 0. The van der Waals surface area contributed by atoms with Crippen LogP contribution in [0.4, 0.5) is 22.0 Å². The van der Waals surface area contributed by atoms with Gasteiger partial charge in [-0.05, 0) is 0 Å². The van der Waals surface area contributed by atoms with Crippen LogP contribution < -0.4 is 10.5 Å². The highest BCUT2D eigenvalue weighted by molar-refractivity contribution is 5.90. The van der Waals surface area contributed by atoms with Crippen molar-refractivity contribution in [3.63, 3.8) is 0 Å². The number of rotatable bonds is 4. The average molecular weight is 300 g/mol. The van der Waals surface area contributed by atoms with Gasteiger partial charge in [-0.25, -0.2) is 18.6 Å². The minimum atomic E-state index is -5.20. The van der Waals surface area contributed by atoms with E-state index in [0.29, 0.717) is 6.20 Å². The van der Waals surface area contributed by atoms with Crippen LogP contribution >= 0.6 is 0 Å². The molecule has 0 fully saturated rings. The van der Waals surface area contributed by atoms with Crippen LogP contribution in [0, 0.1) is 0 Å². The molecular weight excluding hydrogens is 291 g/mol. The van der Waals surface area contributed by atoms with Crippen molar-refractivity contribution in [2.75, 3.05) is 7.11 Å². The second-order valence-electron chi connectivity index (χ2n) is 3.41. The quantitative estimate of drug-likeness (QED) is 0.681. The number of aromatic nitrogens is 1. The highest BCUT2D eigenvalue weighted by Crippen LogP contribution is 2.35. The highest BCUT2D eigenvalue weighted by Gasteiger charge is 2.36. The summed E-state index contributed by atoms with van der Waals surface area (Å²) in [5.41, 5.74) is 2.77. The van der Waals surface area contributed by atoms with Crippen molar-refractivity contribution in [2.45, 2.75) is 19.3 Å². The van der Waals surface area contributed by atoms with Crippen molar-refractivity contribution in [3.8, 4) is 5.75 Å². The Bertz CT molecular complexity index is 504. The van der Waals surface area contributed by atoms with Crippen LogP contribution in [0.5, 0.6) is 5.75 Å². The molecule has 1 heterocycles. The zero-order valence-corrected chi connectivity index (χ0v) is 10.0. The highest BCUT2D eigenvalue weighted by atomic mass is 19.4. The van der Waals surface area contributed by atoms with Crippen LogP contribution in [-0.4, -0.2) is 24.4 Å². The molecule has 0 unspecified atom stereocenters. The molecule has 0 amide bonds. The zero-order valence-electron chi connectivity index (χ0n) is 10.0. The van der Waals surface area contributed by atoms with Gasteiger partial charge in [-0.15, -0.1) is 13.2 Å². The third-order valence-electron chi connectivity index (χ3n) is 2.21. The average Bonchev–Trinajstić information content (AvgIpc) is 2.35. The second kappa shape index (κ2) is 5.99. The molecular formula is C10H9F5N2O3. The summed E-state index contributed by atoms with van der Waals surface area (Å²) in [6.07, 6.45) is -7.76. The Morgan fingerprint density at radius 2 is 2.05 bits per heavy atom. The smallest absolute Gasteiger partial charge is 0.464 e. The van der Waals surface area contributed by atoms with Gasteiger partial charge >= 0.3 is 12.3 Å². The Morgan fingerprint density at radius 1 is 1.45 bits per heavy atom. The lowest BCUT2D eigenvalue weighted by Gasteiger charge is -2.17. The third kappa shape index (κ3) is 3.53. The van der Waals surface area contributed by atoms with Crippen LogP contribution in [0.2, 0.25) is 0 Å². The normalized spacial score (nSPS) is 11.6. The third-order valence-corrected chi connectivity index (χ3v) is 2.21. The summed E-state index contributed by atoms with van der Waals surface area (Å²) < 4.78 is 70.1. The first kappa shape index (κ1) is 16.1. The zero-order chi connectivity index (χ0) is 15.5. The molecule has 10 heteroatoms. The Morgan fingerprint density at radius 3 is 2.45 bits per heavy atom. The summed E-state index contributed by atoms with van der Waals surface area (Å²) in [6.45, 7) is -0.697. The monoisotopic (exact) mass is 300 g/mol. The predicted molar refractivity (Wildman–Crippen MR) is 55.1 cm³/mol. The van der Waals surface area contributed by atoms with Crippen molar-refractivity contribution in [1.82, 2.24) is 4.98 Å². The minimum Gasteiger partial charge on any atom is -0.464 e. The number of ether oxygens (including phenoxy) is 2. The van der Waals surface area contributed by atoms with Gasteiger partial charge in [0.1, 0.15) is 0 Å². The number of pyridine rings is 1. The fraction of sp³-hybridized carbons (Fsp3) is 0.400. The lowest BCUT2D eigenvalue weighted by atomic mass is 10.1. The molecule has 0 aliphatic rings. The molecule has 0 aromatic carbocycles. The van der Waals surface area contributed by atoms with Crippen LogP contribution in [0.25, 0.3) is 0 Å². The van der Waals surface area contributed by atoms with E-state index in [1.807, 2.05) is 0 Å². The van der Waals surface area contributed by atoms with Gasteiger partial charge in [-0.1, -0.05) is 0 Å². The van der Waals surface area contributed by atoms with Gasteiger partial charge in [0.05, 0.1) is 7.11 Å². The molecule has 0 bridgehead atoms. The molecule has 0 aliphatic heterocycles. The molecule has 1 aromatic rings. The molecule has 112 valence electrons. The molecule has 0 atom stereocenters. The number of alkyl halides is 5. The van der Waals surface area contributed by atoms with E-state index in [9.17, 15) is 26.7 Å². The standard InChI is InChI=1S/C10H9F5N2O3/c1-19-9(18)6-7(20-10(13,14)15)4(2-16)5(3-17-6)8(11)12/h3,8H,2,16H2,1H3. The molecule has 0 aliphatic carbocycles. The first-order valence-electron chi connectivity index (χ1n) is 5.05. The SMILES string of the molecule is COC(=O)c1ncc(C(F)F)c(CN)c1OC(F)(F)F. The molecule has 1 aromatic heterocycles. The van der Waals surface area contributed by atoms with E-state index in [2.05, 4.69) is 14.5 Å². The van der Waals surface area contributed by atoms with Gasteiger partial charge in [0.25, 0.3) is 6.43 Å². The Balaban J connectivity index is 3.51. The lowest BCUT2D eigenvalue weighted by molar-refractivity contribution is -0.275. The maximum absolute atomic E-state index is 12.7. The van der Waals surface area contributed by atoms with E-state index in [4.69, 9.17) is 5.73 Å². The van der Waals surface area contributed by atoms with Crippen LogP contribution in [-0.2, 0) is 11.3 Å². The molecule has 5 nitrogen and oxygen atoms in total. The van der Waals surface area contributed by atoms with E-state index in [-0.39, 0.29) is 0 Å². The first-order valence-corrected chi connectivity index (χ1v) is 5.05. The van der Waals surface area contributed by atoms with Gasteiger partial charge < -0.3 is 15.2 Å². The fourth-order valence-electron chi connectivity index (χ4n) is 1.41. The molecule has 0 radical (unpaired) electrons. The van der Waals surface area contributed by atoms with Gasteiger partial charge in [-0.2, -0.15) is 0 Å². The number of hydrogen-bond donors (Lipinski definition) is 1. The summed E-state index contributed by atoms with van der Waals surface area (Å²) in [5.74, 6) is -2.44. The van der Waals surface area contributed by atoms with E-state index in [0.717, 1.165) is 7.11 Å². The minimum absolute atomic E-state index is 0.558. The van der Waals surface area contributed by atoms with Crippen LogP contribution in [0.3, 0.4) is 0 Å². The number of carbonyl (C=O) groups excluding carboxylic acids is 1. The van der Waals surface area contributed by atoms with Crippen molar-refractivity contribution in [1.29, 1.82) is 0 Å². The van der Waals surface area contributed by atoms with Gasteiger partial charge in [0, 0.05) is 23.9 Å². The van der Waals surface area contributed by atoms with E-state index in [1.54, 1.807) is 0 Å². The predicted octanol–water partition coefficient (Wildman–Crippen LogP) is 2.16. The summed E-state index contributed by atoms with van der Waals surface area (Å²) >= 11 is 0. The van der Waals surface area contributed by atoms with E-state index >= 15 is 0 Å². The topological polar surface area (TPSA) is 74.4 Å². The van der Waals surface area contributed by atoms with E-state index < -0.39 is 47.9 Å². The number of nitrogens with zero attached hydrogens (tertiary/aromatic N) is 1. The summed E-state index contributed by atoms with van der Waals surface area (Å²) in [6, 6.07) is 0. The molecule has 2 N–H and O–H groups in total. The van der Waals surface area contributed by atoms with Crippen molar-refractivity contribution >= 4 is 5.97 Å². The Kier molecular flexibility index (Phi) is 4.82. The largest absolute Gasteiger partial charge is 0.573 e. The number of methoxy groups -OCH3 is 1. The summed E-state index contributed by atoms with van der Waals surface area (Å²) in [7, 11) is 0.893. The van der Waals surface area contributed by atoms with E-state index in [1.165, 1.54) is 0 Å². The molecule has 0 spiro atoms. The van der Waals surface area contributed by atoms with Gasteiger partial charge in [0.15, 0.2) is 11.4 Å². The van der Waals surface area contributed by atoms with Crippen molar-refractivity contribution in [2.24, 2.45) is 5.73 Å². The number of nitrogens with two attached hydrogens (primary N) is 1. The molecule has 0 saturated carbocycles. The molecule has 0 saturated heterocycles. The van der Waals surface area contributed by atoms with Crippen molar-refractivity contribution in [3.05, 3.63) is 23.0 Å². The number of esters is 1. The lowest BCUT2D eigenvalue weighted by Crippen LogP contribution is -2.23. The first-order chi connectivity index (χ1) is 9.21.